The summed E-state index contributed by atoms with van der Waals surface area (Å²) in [5, 5.41) is 17.2. The number of aromatic nitrogens is 1. The maximum absolute atomic E-state index is 12.8. The van der Waals surface area contributed by atoms with Crippen LogP contribution in [0, 0.1) is 11.8 Å². The van der Waals surface area contributed by atoms with Gasteiger partial charge in [-0.05, 0) is 73.4 Å². The number of hydrazone groups is 1. The van der Waals surface area contributed by atoms with Crippen molar-refractivity contribution >= 4 is 41.1 Å². The zero-order valence-corrected chi connectivity index (χ0v) is 28.4. The fraction of sp³-hybridized carbons (Fsp3) is 0.514. The van der Waals surface area contributed by atoms with Crippen molar-refractivity contribution in [2.45, 2.75) is 85.4 Å². The molecule has 0 saturated heterocycles. The summed E-state index contributed by atoms with van der Waals surface area (Å²) < 4.78 is 0. The molecule has 13 heteroatoms. The van der Waals surface area contributed by atoms with Gasteiger partial charge in [0.1, 0.15) is 6.04 Å². The number of fused-ring (bicyclic) bond motifs is 1. The minimum atomic E-state index is -0.725. The second-order valence-corrected chi connectivity index (χ2v) is 13.0. The highest BCUT2D eigenvalue weighted by molar-refractivity contribution is 6.06. The van der Waals surface area contributed by atoms with E-state index >= 15 is 0 Å². The zero-order chi connectivity index (χ0) is 34.6. The van der Waals surface area contributed by atoms with E-state index in [2.05, 4.69) is 26.3 Å². The molecule has 4 N–H and O–H groups in total. The van der Waals surface area contributed by atoms with Gasteiger partial charge in [-0.1, -0.05) is 32.9 Å². The number of nitrogens with zero attached hydrogens (tertiary/aromatic N) is 4. The number of hydrogen-bond donors (Lipinski definition) is 4. The number of rotatable bonds is 15. The van der Waals surface area contributed by atoms with Crippen LogP contribution in [0.2, 0.25) is 0 Å². The van der Waals surface area contributed by atoms with Gasteiger partial charge in [0.2, 0.25) is 23.6 Å². The predicted molar refractivity (Wildman–Crippen MR) is 183 cm³/mol. The normalized spacial score (nSPS) is 16.2. The molecule has 2 aliphatic rings. The molecule has 0 aliphatic carbocycles. The van der Waals surface area contributed by atoms with Gasteiger partial charge < -0.3 is 26.2 Å². The van der Waals surface area contributed by atoms with Crippen LogP contribution >= 0.6 is 0 Å². The van der Waals surface area contributed by atoms with Gasteiger partial charge in [-0.2, -0.15) is 5.10 Å². The van der Waals surface area contributed by atoms with Gasteiger partial charge in [0.25, 0.3) is 0 Å². The van der Waals surface area contributed by atoms with Gasteiger partial charge in [0, 0.05) is 63.0 Å². The van der Waals surface area contributed by atoms with E-state index in [-0.39, 0.29) is 36.2 Å². The minimum Gasteiger partial charge on any atom is -0.354 e. The molecule has 0 saturated carbocycles. The summed E-state index contributed by atoms with van der Waals surface area (Å²) in [6.07, 6.45) is 7.22. The van der Waals surface area contributed by atoms with E-state index in [0.29, 0.717) is 57.0 Å². The molecule has 3 heterocycles. The van der Waals surface area contributed by atoms with Crippen LogP contribution in [0.15, 0.2) is 47.8 Å². The van der Waals surface area contributed by atoms with E-state index in [1.165, 1.54) is 5.01 Å². The van der Waals surface area contributed by atoms with Crippen LogP contribution in [0.3, 0.4) is 0 Å². The number of carbonyl (C=O) groups is 5. The number of urea groups is 1. The first kappa shape index (κ1) is 36.0. The fourth-order valence-corrected chi connectivity index (χ4v) is 5.53. The summed E-state index contributed by atoms with van der Waals surface area (Å²) in [5.41, 5.74) is 4.57. The van der Waals surface area contributed by atoms with Crippen molar-refractivity contribution in [2.24, 2.45) is 16.9 Å². The highest BCUT2D eigenvalue weighted by atomic mass is 16.2. The maximum atomic E-state index is 12.8. The molecule has 4 rings (SSSR count). The maximum Gasteiger partial charge on any atom is 0.322 e. The topological polar surface area (TPSA) is 165 Å². The number of pyridine rings is 1. The van der Waals surface area contributed by atoms with Crippen LogP contribution in [0.1, 0.15) is 82.9 Å². The van der Waals surface area contributed by atoms with Crippen LogP contribution in [-0.2, 0) is 32.3 Å². The zero-order valence-electron chi connectivity index (χ0n) is 28.4. The van der Waals surface area contributed by atoms with E-state index in [4.69, 9.17) is 5.10 Å². The summed E-state index contributed by atoms with van der Waals surface area (Å²) in [5.74, 6) is -0.550. The highest BCUT2D eigenvalue weighted by Gasteiger charge is 2.27. The van der Waals surface area contributed by atoms with Crippen molar-refractivity contribution in [3.05, 3.63) is 59.4 Å². The van der Waals surface area contributed by atoms with E-state index in [9.17, 15) is 24.0 Å². The Morgan fingerprint density at radius 3 is 2.42 bits per heavy atom. The third-order valence-corrected chi connectivity index (χ3v) is 8.42. The van der Waals surface area contributed by atoms with E-state index in [1.54, 1.807) is 24.2 Å². The molecule has 1 aromatic heterocycles. The summed E-state index contributed by atoms with van der Waals surface area (Å²) >= 11 is 0. The molecule has 2 unspecified atom stereocenters. The van der Waals surface area contributed by atoms with Crippen molar-refractivity contribution < 1.29 is 24.0 Å². The molecule has 2 aliphatic heterocycles. The van der Waals surface area contributed by atoms with Crippen LogP contribution in [0.25, 0.3) is 0 Å². The number of benzene rings is 1. The molecule has 6 amide bonds. The monoisotopic (exact) mass is 660 g/mol. The molecule has 13 nitrogen and oxygen atoms in total. The molecule has 258 valence electrons. The lowest BCUT2D eigenvalue weighted by Crippen LogP contribution is -2.48. The standard InChI is InChI=1S/C35H48N8O5/c1-23(2)8-13-30(44)38-20-31(45)39-25(4)34(47)37-15-6-5-7-17-43-32(46)18-24(3)33(41-43)26-9-11-29(12-10-26)40-35(48)42-21-27-14-16-36-19-28(27)22-42/h9-12,14,16,19,23-25H,5-8,13,15,17-18,20-22H2,1-4H3,(H,37,47)(H,38,44)(H,39,45)(H,40,48). The Kier molecular flexibility index (Phi) is 13.0. The molecular weight excluding hydrogens is 612 g/mol. The largest absolute Gasteiger partial charge is 0.354 e. The Hall–Kier alpha value is -4.81. The van der Waals surface area contributed by atoms with E-state index < -0.39 is 11.9 Å². The third-order valence-electron chi connectivity index (χ3n) is 8.42. The second kappa shape index (κ2) is 17.4. The number of hydrogen-bond acceptors (Lipinski definition) is 7. The predicted octanol–water partition coefficient (Wildman–Crippen LogP) is 3.55. The molecule has 0 fully saturated rings. The highest BCUT2D eigenvalue weighted by Crippen LogP contribution is 2.24. The first-order valence-corrected chi connectivity index (χ1v) is 16.8. The lowest BCUT2D eigenvalue weighted by atomic mass is 9.93. The van der Waals surface area contributed by atoms with Crippen LogP contribution in [0.4, 0.5) is 10.5 Å². The van der Waals surface area contributed by atoms with Crippen LogP contribution in [0.5, 0.6) is 0 Å². The quantitative estimate of drug-likeness (QED) is 0.213. The molecule has 1 aromatic carbocycles. The number of anilines is 1. The van der Waals surface area contributed by atoms with Gasteiger partial charge in [-0.15, -0.1) is 0 Å². The minimum absolute atomic E-state index is 0.0223. The van der Waals surface area contributed by atoms with Gasteiger partial charge >= 0.3 is 6.03 Å². The Balaban J connectivity index is 1.15. The third kappa shape index (κ3) is 10.6. The summed E-state index contributed by atoms with van der Waals surface area (Å²) in [7, 11) is 0. The van der Waals surface area contributed by atoms with Gasteiger partial charge in [-0.3, -0.25) is 24.2 Å². The fourth-order valence-electron chi connectivity index (χ4n) is 5.53. The Morgan fingerprint density at radius 1 is 0.938 bits per heavy atom. The number of carbonyl (C=O) groups excluding carboxylic acids is 5. The van der Waals surface area contributed by atoms with Crippen molar-refractivity contribution in [3.63, 3.8) is 0 Å². The summed E-state index contributed by atoms with van der Waals surface area (Å²) in [6.45, 7) is 9.47. The van der Waals surface area contributed by atoms with Gasteiger partial charge in [-0.25, -0.2) is 9.80 Å². The Morgan fingerprint density at radius 2 is 1.69 bits per heavy atom. The molecule has 2 atom stereocenters. The van der Waals surface area contributed by atoms with E-state index in [1.807, 2.05) is 51.1 Å². The smallest absolute Gasteiger partial charge is 0.322 e. The van der Waals surface area contributed by atoms with Gasteiger partial charge in [0.05, 0.1) is 12.3 Å². The second-order valence-electron chi connectivity index (χ2n) is 13.0. The first-order chi connectivity index (χ1) is 23.0. The Labute approximate surface area is 282 Å². The molecule has 48 heavy (non-hydrogen) atoms. The van der Waals surface area contributed by atoms with Crippen LogP contribution < -0.4 is 21.3 Å². The lowest BCUT2D eigenvalue weighted by Gasteiger charge is -2.28. The average Bonchev–Trinajstić information content (AvgIpc) is 3.50. The van der Waals surface area contributed by atoms with Crippen molar-refractivity contribution in [3.8, 4) is 0 Å². The first-order valence-electron chi connectivity index (χ1n) is 16.8. The number of amides is 6. The van der Waals surface area contributed by atoms with Crippen molar-refractivity contribution in [1.29, 1.82) is 0 Å². The number of nitrogens with one attached hydrogen (secondary N) is 4. The van der Waals surface area contributed by atoms with Crippen molar-refractivity contribution in [1.82, 2.24) is 30.8 Å². The Bertz CT molecular complexity index is 1470. The van der Waals surface area contributed by atoms with Gasteiger partial charge in [0.15, 0.2) is 0 Å². The average molecular weight is 661 g/mol. The number of unbranched alkanes of at least 4 members (excludes halogenated alkanes) is 2. The van der Waals surface area contributed by atoms with Crippen molar-refractivity contribution in [2.75, 3.05) is 25.0 Å². The molecular formula is C35H48N8O5. The summed E-state index contributed by atoms with van der Waals surface area (Å²) in [4.78, 5) is 67.7. The molecule has 2 aromatic rings. The molecule has 0 bridgehead atoms. The lowest BCUT2D eigenvalue weighted by molar-refractivity contribution is -0.132. The molecule has 0 radical (unpaired) electrons. The molecule has 0 spiro atoms. The van der Waals surface area contributed by atoms with E-state index in [0.717, 1.165) is 41.7 Å². The SMILES string of the molecule is CC(C)CCC(=O)NCC(=O)NC(C)C(=O)NCCCCCN1N=C(c2ccc(NC(=O)N3Cc4ccncc4C3)cc2)C(C)CC1=O. The van der Waals surface area contributed by atoms with Crippen LogP contribution in [-0.4, -0.2) is 75.9 Å². The summed E-state index contributed by atoms with van der Waals surface area (Å²) in [6, 6.07) is 8.57.